The maximum atomic E-state index is 5.81. The van der Waals surface area contributed by atoms with Gasteiger partial charge in [0, 0.05) is 19.8 Å². The van der Waals surface area contributed by atoms with Crippen molar-refractivity contribution in [3.63, 3.8) is 0 Å². The summed E-state index contributed by atoms with van der Waals surface area (Å²) in [5.41, 5.74) is 3.82. The molecule has 0 aliphatic heterocycles. The lowest BCUT2D eigenvalue weighted by atomic mass is 10.1. The summed E-state index contributed by atoms with van der Waals surface area (Å²) >= 11 is 0. The van der Waals surface area contributed by atoms with E-state index in [-0.39, 0.29) is 0 Å². The first-order valence-electron chi connectivity index (χ1n) is 5.88. The van der Waals surface area contributed by atoms with Crippen molar-refractivity contribution in [2.75, 3.05) is 19.0 Å². The lowest BCUT2D eigenvalue weighted by Gasteiger charge is -2.15. The first-order valence-corrected chi connectivity index (χ1v) is 5.88. The number of nitrogens with zero attached hydrogens (tertiary/aromatic N) is 2. The Morgan fingerprint density at radius 1 is 0.944 bits per heavy atom. The van der Waals surface area contributed by atoms with Crippen LogP contribution in [0.2, 0.25) is 0 Å². The maximum Gasteiger partial charge on any atom is 0.229 e. The molecule has 18 heavy (non-hydrogen) atoms. The number of aromatic nitrogens is 1. The Morgan fingerprint density at radius 2 is 1.67 bits per heavy atom. The van der Waals surface area contributed by atoms with Crippen molar-refractivity contribution in [3.8, 4) is 11.5 Å². The summed E-state index contributed by atoms with van der Waals surface area (Å²) in [6.45, 7) is 0. The van der Waals surface area contributed by atoms with Crippen LogP contribution in [0.15, 0.2) is 52.9 Å². The van der Waals surface area contributed by atoms with Gasteiger partial charge in [0.05, 0.1) is 5.56 Å². The number of rotatable bonds is 2. The monoisotopic (exact) mass is 238 g/mol. The lowest BCUT2D eigenvalue weighted by molar-refractivity contribution is 0.620. The molecule has 0 N–H and O–H groups in total. The first-order chi connectivity index (χ1) is 8.75. The summed E-state index contributed by atoms with van der Waals surface area (Å²) in [7, 11) is 4.03. The van der Waals surface area contributed by atoms with Crippen molar-refractivity contribution >= 4 is 16.8 Å². The van der Waals surface area contributed by atoms with E-state index in [9.17, 15) is 0 Å². The highest BCUT2D eigenvalue weighted by atomic mass is 16.3. The van der Waals surface area contributed by atoms with Gasteiger partial charge in [-0.2, -0.15) is 0 Å². The fraction of sp³-hybridized carbons (Fsp3) is 0.133. The van der Waals surface area contributed by atoms with Crippen LogP contribution in [0, 0.1) is 0 Å². The van der Waals surface area contributed by atoms with Crippen molar-refractivity contribution in [1.29, 1.82) is 0 Å². The predicted molar refractivity (Wildman–Crippen MR) is 73.8 cm³/mol. The molecule has 2 aromatic carbocycles. The number of hydrogen-bond donors (Lipinski definition) is 0. The summed E-state index contributed by atoms with van der Waals surface area (Å²) in [6.07, 6.45) is 0. The van der Waals surface area contributed by atoms with E-state index in [0.717, 1.165) is 22.4 Å². The van der Waals surface area contributed by atoms with Gasteiger partial charge < -0.3 is 9.32 Å². The molecule has 90 valence electrons. The van der Waals surface area contributed by atoms with Crippen LogP contribution in [0.25, 0.3) is 22.6 Å². The topological polar surface area (TPSA) is 29.3 Å². The zero-order valence-corrected chi connectivity index (χ0v) is 10.4. The first kappa shape index (κ1) is 10.8. The quantitative estimate of drug-likeness (QED) is 0.683. The van der Waals surface area contributed by atoms with E-state index in [1.165, 1.54) is 0 Å². The van der Waals surface area contributed by atoms with Crippen LogP contribution in [0.1, 0.15) is 0 Å². The van der Waals surface area contributed by atoms with Crippen molar-refractivity contribution in [3.05, 3.63) is 48.5 Å². The van der Waals surface area contributed by atoms with Crippen LogP contribution < -0.4 is 4.90 Å². The molecule has 0 fully saturated rings. The van der Waals surface area contributed by atoms with Crippen LogP contribution in [-0.2, 0) is 0 Å². The maximum absolute atomic E-state index is 5.81. The average molecular weight is 238 g/mol. The average Bonchev–Trinajstić information content (AvgIpc) is 2.82. The molecule has 1 aromatic heterocycles. The van der Waals surface area contributed by atoms with Gasteiger partial charge >= 0.3 is 0 Å². The van der Waals surface area contributed by atoms with E-state index in [4.69, 9.17) is 4.42 Å². The summed E-state index contributed by atoms with van der Waals surface area (Å²) in [5, 5.41) is 0. The van der Waals surface area contributed by atoms with E-state index in [2.05, 4.69) is 16.0 Å². The number of hydrogen-bond acceptors (Lipinski definition) is 3. The normalized spacial score (nSPS) is 10.8. The number of benzene rings is 2. The number of anilines is 1. The summed E-state index contributed by atoms with van der Waals surface area (Å²) in [4.78, 5) is 6.59. The minimum absolute atomic E-state index is 0.667. The standard InChI is InChI=1S/C15H14N2O/c1-17(2)13-9-5-3-7-11(13)15-16-12-8-4-6-10-14(12)18-15/h3-10H,1-2H3. The van der Waals surface area contributed by atoms with Gasteiger partial charge in [0.15, 0.2) is 5.58 Å². The summed E-state index contributed by atoms with van der Waals surface area (Å²) in [6, 6.07) is 15.9. The molecule has 3 heteroatoms. The predicted octanol–water partition coefficient (Wildman–Crippen LogP) is 3.56. The van der Waals surface area contributed by atoms with Crippen molar-refractivity contribution < 1.29 is 4.42 Å². The highest BCUT2D eigenvalue weighted by molar-refractivity contribution is 5.80. The zero-order valence-electron chi connectivity index (χ0n) is 10.4. The van der Waals surface area contributed by atoms with Crippen LogP contribution in [0.3, 0.4) is 0 Å². The fourth-order valence-corrected chi connectivity index (χ4v) is 2.03. The van der Waals surface area contributed by atoms with E-state index in [0.29, 0.717) is 5.89 Å². The third-order valence-electron chi connectivity index (χ3n) is 2.91. The molecule has 0 saturated heterocycles. The van der Waals surface area contributed by atoms with Crippen LogP contribution >= 0.6 is 0 Å². The molecular weight excluding hydrogens is 224 g/mol. The molecule has 0 bridgehead atoms. The molecule has 0 radical (unpaired) electrons. The Kier molecular flexibility index (Phi) is 2.52. The van der Waals surface area contributed by atoms with Crippen LogP contribution in [0.5, 0.6) is 0 Å². The molecule has 0 spiro atoms. The largest absolute Gasteiger partial charge is 0.436 e. The van der Waals surface area contributed by atoms with Gasteiger partial charge in [0.1, 0.15) is 5.52 Å². The number of oxazole rings is 1. The lowest BCUT2D eigenvalue weighted by Crippen LogP contribution is -2.09. The van der Waals surface area contributed by atoms with Gasteiger partial charge in [-0.05, 0) is 24.3 Å². The number of fused-ring (bicyclic) bond motifs is 1. The molecule has 0 unspecified atom stereocenters. The molecule has 3 nitrogen and oxygen atoms in total. The number of para-hydroxylation sites is 3. The second kappa shape index (κ2) is 4.18. The molecular formula is C15H14N2O. The minimum Gasteiger partial charge on any atom is -0.436 e. The van der Waals surface area contributed by atoms with Crippen molar-refractivity contribution in [2.24, 2.45) is 0 Å². The Morgan fingerprint density at radius 3 is 2.44 bits per heavy atom. The molecule has 0 amide bonds. The van der Waals surface area contributed by atoms with E-state index < -0.39 is 0 Å². The van der Waals surface area contributed by atoms with Gasteiger partial charge in [-0.1, -0.05) is 24.3 Å². The molecule has 3 rings (SSSR count). The Hall–Kier alpha value is -2.29. The Labute approximate surface area is 106 Å². The third-order valence-corrected chi connectivity index (χ3v) is 2.91. The van der Waals surface area contributed by atoms with Gasteiger partial charge in [-0.3, -0.25) is 0 Å². The molecule has 0 atom stereocenters. The summed E-state index contributed by atoms with van der Waals surface area (Å²) < 4.78 is 5.81. The van der Waals surface area contributed by atoms with Crippen molar-refractivity contribution in [2.45, 2.75) is 0 Å². The highest BCUT2D eigenvalue weighted by Gasteiger charge is 2.12. The van der Waals surface area contributed by atoms with Gasteiger partial charge in [-0.15, -0.1) is 0 Å². The minimum atomic E-state index is 0.667. The molecule has 0 aliphatic rings. The highest BCUT2D eigenvalue weighted by Crippen LogP contribution is 2.31. The van der Waals surface area contributed by atoms with Crippen molar-refractivity contribution in [1.82, 2.24) is 4.98 Å². The SMILES string of the molecule is CN(C)c1ccccc1-c1nc2ccccc2o1. The van der Waals surface area contributed by atoms with Gasteiger partial charge in [0.2, 0.25) is 5.89 Å². The molecule has 0 saturated carbocycles. The second-order valence-corrected chi connectivity index (χ2v) is 4.40. The fourth-order valence-electron chi connectivity index (χ4n) is 2.03. The molecule has 1 heterocycles. The third kappa shape index (κ3) is 1.74. The van der Waals surface area contributed by atoms with Gasteiger partial charge in [0.25, 0.3) is 0 Å². The van der Waals surface area contributed by atoms with E-state index in [1.54, 1.807) is 0 Å². The summed E-state index contributed by atoms with van der Waals surface area (Å²) in [5.74, 6) is 0.667. The van der Waals surface area contributed by atoms with Crippen LogP contribution in [0.4, 0.5) is 5.69 Å². The zero-order chi connectivity index (χ0) is 12.5. The second-order valence-electron chi connectivity index (χ2n) is 4.40. The van der Waals surface area contributed by atoms with Gasteiger partial charge in [-0.25, -0.2) is 4.98 Å². The van der Waals surface area contributed by atoms with E-state index >= 15 is 0 Å². The molecule has 0 aliphatic carbocycles. The smallest absolute Gasteiger partial charge is 0.229 e. The van der Waals surface area contributed by atoms with Crippen LogP contribution in [-0.4, -0.2) is 19.1 Å². The van der Waals surface area contributed by atoms with E-state index in [1.807, 2.05) is 56.6 Å². The molecule has 3 aromatic rings. The Bertz CT molecular complexity index is 653. The Balaban J connectivity index is 2.20.